The van der Waals surface area contributed by atoms with Crippen LogP contribution in [0, 0.1) is 17.8 Å². The number of fused-ring (bicyclic) bond motifs is 4. The minimum absolute atomic E-state index is 0.0643. The number of Topliss-reactive ketones (excluding diaryl/α,β-unsaturated/α-hetero) is 1. The van der Waals surface area contributed by atoms with Crippen molar-refractivity contribution < 1.29 is 15.0 Å². The van der Waals surface area contributed by atoms with Gasteiger partial charge in [-0.3, -0.25) is 4.79 Å². The molecule has 0 aliphatic heterocycles. The van der Waals surface area contributed by atoms with E-state index in [0.717, 1.165) is 30.4 Å². The summed E-state index contributed by atoms with van der Waals surface area (Å²) in [7, 11) is 0. The lowest BCUT2D eigenvalue weighted by Gasteiger charge is -2.40. The number of aliphatic hydroxyl groups is 2. The summed E-state index contributed by atoms with van der Waals surface area (Å²) in [5, 5.41) is 21.4. The Hall–Kier alpha value is -1.19. The zero-order chi connectivity index (χ0) is 18.0. The van der Waals surface area contributed by atoms with Crippen molar-refractivity contribution in [3.63, 3.8) is 0 Å². The van der Waals surface area contributed by atoms with Gasteiger partial charge in [0.25, 0.3) is 0 Å². The van der Waals surface area contributed by atoms with Crippen LogP contribution in [-0.4, -0.2) is 27.7 Å². The summed E-state index contributed by atoms with van der Waals surface area (Å²) in [6, 6.07) is 0. The maximum atomic E-state index is 13.2. The van der Waals surface area contributed by atoms with Gasteiger partial charge in [-0.05, 0) is 38.2 Å². The van der Waals surface area contributed by atoms with E-state index in [1.165, 1.54) is 19.3 Å². The molecule has 3 nitrogen and oxygen atoms in total. The Balaban J connectivity index is 1.86. The number of unbranched alkanes of at least 4 members (excludes halogenated alkanes) is 4. The molecule has 25 heavy (non-hydrogen) atoms. The van der Waals surface area contributed by atoms with E-state index in [1.807, 2.05) is 25.2 Å². The van der Waals surface area contributed by atoms with E-state index >= 15 is 0 Å². The van der Waals surface area contributed by atoms with E-state index in [-0.39, 0.29) is 29.6 Å². The van der Waals surface area contributed by atoms with Gasteiger partial charge in [-0.2, -0.15) is 0 Å². The molecule has 3 rings (SSSR count). The molecular formula is C22H32O3. The Kier molecular flexibility index (Phi) is 5.65. The van der Waals surface area contributed by atoms with Gasteiger partial charge in [-0.15, -0.1) is 0 Å². The van der Waals surface area contributed by atoms with E-state index in [4.69, 9.17) is 0 Å². The molecule has 138 valence electrons. The van der Waals surface area contributed by atoms with Crippen LogP contribution in [0.3, 0.4) is 0 Å². The van der Waals surface area contributed by atoms with Gasteiger partial charge >= 0.3 is 0 Å². The molecule has 1 fully saturated rings. The SMILES string of the molecule is CCCCCCCC1/C=C\C(C)=C/[C@H]2C(=O)[C@]1(O)C=C1C[C@H](O)C[C@@H]12. The van der Waals surface area contributed by atoms with Crippen LogP contribution in [0.2, 0.25) is 0 Å². The number of rotatable bonds is 6. The molecule has 5 atom stereocenters. The molecule has 0 radical (unpaired) electrons. The topological polar surface area (TPSA) is 57.5 Å². The zero-order valence-electron chi connectivity index (χ0n) is 15.6. The molecule has 0 aromatic carbocycles. The van der Waals surface area contributed by atoms with Crippen LogP contribution in [0.15, 0.2) is 35.5 Å². The van der Waals surface area contributed by atoms with Gasteiger partial charge in [0.1, 0.15) is 5.60 Å². The van der Waals surface area contributed by atoms with Gasteiger partial charge in [-0.25, -0.2) is 0 Å². The molecule has 0 aromatic rings. The molecule has 1 saturated carbocycles. The third kappa shape index (κ3) is 3.68. The molecular weight excluding hydrogens is 312 g/mol. The van der Waals surface area contributed by atoms with Crippen molar-refractivity contribution in [3.05, 3.63) is 35.5 Å². The van der Waals surface area contributed by atoms with Crippen molar-refractivity contribution in [2.24, 2.45) is 17.8 Å². The summed E-state index contributed by atoms with van der Waals surface area (Å²) in [4.78, 5) is 13.2. The fourth-order valence-electron chi connectivity index (χ4n) is 4.82. The molecule has 2 bridgehead atoms. The van der Waals surface area contributed by atoms with Crippen molar-refractivity contribution in [1.82, 2.24) is 0 Å². The number of hydrogen-bond donors (Lipinski definition) is 2. The number of carbonyl (C=O) groups excluding carboxylic acids is 1. The molecule has 3 heteroatoms. The van der Waals surface area contributed by atoms with Crippen LogP contribution in [-0.2, 0) is 4.79 Å². The Morgan fingerprint density at radius 2 is 2.00 bits per heavy atom. The van der Waals surface area contributed by atoms with Crippen LogP contribution in [0.25, 0.3) is 0 Å². The number of hydrogen-bond acceptors (Lipinski definition) is 3. The van der Waals surface area contributed by atoms with Crippen LogP contribution >= 0.6 is 0 Å². The summed E-state index contributed by atoms with van der Waals surface area (Å²) >= 11 is 0. The van der Waals surface area contributed by atoms with Crippen LogP contribution in [0.5, 0.6) is 0 Å². The molecule has 3 aliphatic carbocycles. The Morgan fingerprint density at radius 3 is 2.76 bits per heavy atom. The van der Waals surface area contributed by atoms with E-state index in [2.05, 4.69) is 13.0 Å². The van der Waals surface area contributed by atoms with Gasteiger partial charge in [0.05, 0.1) is 6.10 Å². The van der Waals surface area contributed by atoms with Crippen molar-refractivity contribution in [3.8, 4) is 0 Å². The predicted octanol–water partition coefficient (Wildman–Crippen LogP) is 4.11. The normalized spacial score (nSPS) is 40.6. The Morgan fingerprint density at radius 1 is 1.24 bits per heavy atom. The number of ketones is 1. The fourth-order valence-corrected chi connectivity index (χ4v) is 4.82. The molecule has 0 heterocycles. The number of carbonyl (C=O) groups is 1. The van der Waals surface area contributed by atoms with E-state index in [0.29, 0.717) is 12.8 Å². The van der Waals surface area contributed by atoms with Gasteiger partial charge in [0.15, 0.2) is 5.78 Å². The maximum absolute atomic E-state index is 13.2. The average Bonchev–Trinajstić information content (AvgIpc) is 2.93. The third-order valence-corrected chi connectivity index (χ3v) is 6.23. The van der Waals surface area contributed by atoms with Gasteiger partial charge in [0, 0.05) is 11.8 Å². The average molecular weight is 344 g/mol. The molecule has 0 saturated heterocycles. The first-order valence-corrected chi connectivity index (χ1v) is 9.98. The Labute approximate surface area is 151 Å². The highest BCUT2D eigenvalue weighted by molar-refractivity contribution is 5.95. The molecule has 2 N–H and O–H groups in total. The second kappa shape index (κ2) is 7.59. The lowest BCUT2D eigenvalue weighted by molar-refractivity contribution is -0.141. The lowest BCUT2D eigenvalue weighted by Crippen LogP contribution is -2.51. The monoisotopic (exact) mass is 344 g/mol. The smallest absolute Gasteiger partial charge is 0.176 e. The molecule has 1 unspecified atom stereocenters. The van der Waals surface area contributed by atoms with Crippen molar-refractivity contribution >= 4 is 5.78 Å². The molecule has 0 aromatic heterocycles. The zero-order valence-corrected chi connectivity index (χ0v) is 15.6. The van der Waals surface area contributed by atoms with Crippen LogP contribution in [0.4, 0.5) is 0 Å². The minimum Gasteiger partial charge on any atom is -0.393 e. The summed E-state index contributed by atoms with van der Waals surface area (Å²) in [6.07, 6.45) is 15.4. The second-order valence-electron chi connectivity index (χ2n) is 8.21. The quantitative estimate of drug-likeness (QED) is 0.563. The third-order valence-electron chi connectivity index (χ3n) is 6.23. The molecule has 0 spiro atoms. The number of aliphatic hydroxyl groups excluding tert-OH is 1. The predicted molar refractivity (Wildman–Crippen MR) is 100 cm³/mol. The van der Waals surface area contributed by atoms with Gasteiger partial charge in [0.2, 0.25) is 0 Å². The lowest BCUT2D eigenvalue weighted by atomic mass is 9.65. The van der Waals surface area contributed by atoms with Crippen molar-refractivity contribution in [1.29, 1.82) is 0 Å². The first kappa shape index (κ1) is 18.6. The molecule has 3 aliphatic rings. The van der Waals surface area contributed by atoms with E-state index < -0.39 is 5.60 Å². The highest BCUT2D eigenvalue weighted by Gasteiger charge is 2.52. The van der Waals surface area contributed by atoms with Crippen LogP contribution in [0.1, 0.15) is 65.2 Å². The maximum Gasteiger partial charge on any atom is 0.176 e. The second-order valence-corrected chi connectivity index (χ2v) is 8.21. The van der Waals surface area contributed by atoms with Crippen molar-refractivity contribution in [2.45, 2.75) is 76.9 Å². The standard InChI is InChI=1S/C22H32O3/c1-3-4-5-6-7-8-17-10-9-15(2)11-20-19-13-18(23)12-16(19)14-22(17,25)21(20)24/h9-11,14,17-20,23,25H,3-8,12-13H2,1-2H3/b10-9-,15-11-/t17?,18-,19-,20+,22-/m0/s1. The highest BCUT2D eigenvalue weighted by atomic mass is 16.3. The van der Waals surface area contributed by atoms with Gasteiger partial charge < -0.3 is 10.2 Å². The fraction of sp³-hybridized carbons (Fsp3) is 0.682. The summed E-state index contributed by atoms with van der Waals surface area (Å²) < 4.78 is 0. The number of allylic oxidation sites excluding steroid dienone is 3. The largest absolute Gasteiger partial charge is 0.393 e. The minimum atomic E-state index is -1.40. The summed E-state index contributed by atoms with van der Waals surface area (Å²) in [5.41, 5.74) is 0.757. The first-order valence-electron chi connectivity index (χ1n) is 9.98. The van der Waals surface area contributed by atoms with E-state index in [9.17, 15) is 15.0 Å². The van der Waals surface area contributed by atoms with Crippen molar-refractivity contribution in [2.75, 3.05) is 0 Å². The van der Waals surface area contributed by atoms with Gasteiger partial charge in [-0.1, -0.05) is 68.4 Å². The molecule has 0 amide bonds. The first-order chi connectivity index (χ1) is 12.0. The van der Waals surface area contributed by atoms with Crippen LogP contribution < -0.4 is 0 Å². The Bertz CT molecular complexity index is 600. The summed E-state index contributed by atoms with van der Waals surface area (Å²) in [6.45, 7) is 4.23. The summed E-state index contributed by atoms with van der Waals surface area (Å²) in [5.74, 6) is -0.472. The van der Waals surface area contributed by atoms with E-state index in [1.54, 1.807) is 0 Å². The highest BCUT2D eigenvalue weighted by Crippen LogP contribution is 2.47.